The number of carbonyl (C=O) groups is 3. The molecule has 1 aliphatic rings. The van der Waals surface area contributed by atoms with Crippen LogP contribution in [0.15, 0.2) is 60.7 Å². The van der Waals surface area contributed by atoms with E-state index in [-0.39, 0.29) is 37.5 Å². The molecule has 1 fully saturated rings. The van der Waals surface area contributed by atoms with Gasteiger partial charge in [0.2, 0.25) is 17.7 Å². The topological polar surface area (TPSA) is 122 Å². The Hall–Kier alpha value is -4.15. The number of rotatable bonds is 20. The van der Waals surface area contributed by atoms with E-state index in [9.17, 15) is 24.6 Å². The Morgan fingerprint density at radius 1 is 0.860 bits per heavy atom. The zero-order valence-corrected chi connectivity index (χ0v) is 29.8. The van der Waals surface area contributed by atoms with Gasteiger partial charge in [-0.25, -0.2) is 0 Å². The van der Waals surface area contributed by atoms with Crippen LogP contribution in [0.2, 0.25) is 0 Å². The minimum Gasteiger partial charge on any atom is -0.389 e. The summed E-state index contributed by atoms with van der Waals surface area (Å²) >= 11 is 0. The van der Waals surface area contributed by atoms with Gasteiger partial charge in [0.15, 0.2) is 0 Å². The highest BCUT2D eigenvalue weighted by Crippen LogP contribution is 2.29. The molecule has 9 nitrogen and oxygen atoms in total. The Balaban J connectivity index is 1.72. The van der Waals surface area contributed by atoms with Gasteiger partial charge in [0.1, 0.15) is 12.1 Å². The van der Waals surface area contributed by atoms with Crippen LogP contribution in [0.4, 0.5) is 0 Å². The minimum absolute atomic E-state index is 0.0373. The van der Waals surface area contributed by atoms with E-state index in [1.807, 2.05) is 55.6 Å². The Labute approximate surface area is 299 Å². The third kappa shape index (κ3) is 14.0. The quantitative estimate of drug-likeness (QED) is 0.157. The normalized spacial score (nSPS) is 16.2. The molecule has 3 amide bonds. The van der Waals surface area contributed by atoms with Gasteiger partial charge in [-0.05, 0) is 43.4 Å². The van der Waals surface area contributed by atoms with E-state index in [0.717, 1.165) is 44.2 Å². The Kier molecular flexibility index (Phi) is 17.6. The van der Waals surface area contributed by atoms with E-state index in [2.05, 4.69) is 39.5 Å². The van der Waals surface area contributed by atoms with E-state index in [4.69, 9.17) is 12.8 Å². The third-order valence-corrected chi connectivity index (χ3v) is 9.64. The zero-order valence-electron chi connectivity index (χ0n) is 29.8. The van der Waals surface area contributed by atoms with Crippen molar-refractivity contribution in [2.75, 3.05) is 27.2 Å². The number of benzene rings is 2. The number of amides is 3. The van der Waals surface area contributed by atoms with E-state index in [1.165, 1.54) is 5.56 Å². The van der Waals surface area contributed by atoms with Gasteiger partial charge < -0.3 is 30.6 Å². The summed E-state index contributed by atoms with van der Waals surface area (Å²) in [6.45, 7) is 1.90. The molecule has 0 heterocycles. The van der Waals surface area contributed by atoms with Gasteiger partial charge in [-0.3, -0.25) is 14.4 Å². The van der Waals surface area contributed by atoms with Crippen LogP contribution in [0.1, 0.15) is 75.3 Å². The highest BCUT2D eigenvalue weighted by atomic mass is 16.3. The predicted molar refractivity (Wildman–Crippen MR) is 197 cm³/mol. The highest BCUT2D eigenvalue weighted by molar-refractivity contribution is 5.91. The molecule has 0 aromatic heterocycles. The number of nitrogens with one attached hydrogen (secondary N) is 2. The molecule has 3 rings (SSSR count). The fourth-order valence-electron chi connectivity index (χ4n) is 6.59. The second-order valence-electron chi connectivity index (χ2n) is 13.8. The first-order chi connectivity index (χ1) is 24.1. The molecule has 0 spiro atoms. The smallest absolute Gasteiger partial charge is 0.242 e. The van der Waals surface area contributed by atoms with Gasteiger partial charge >= 0.3 is 0 Å². The largest absolute Gasteiger partial charge is 0.389 e. The van der Waals surface area contributed by atoms with Crippen LogP contribution in [-0.2, 0) is 27.3 Å². The van der Waals surface area contributed by atoms with Crippen molar-refractivity contribution in [3.63, 3.8) is 0 Å². The summed E-state index contributed by atoms with van der Waals surface area (Å²) in [5, 5.41) is 27.4. The lowest BCUT2D eigenvalue weighted by Crippen LogP contribution is -2.56. The van der Waals surface area contributed by atoms with Crippen LogP contribution in [-0.4, -0.2) is 89.2 Å². The van der Waals surface area contributed by atoms with Crippen LogP contribution < -0.4 is 10.6 Å². The van der Waals surface area contributed by atoms with Crippen molar-refractivity contribution in [3.8, 4) is 24.7 Å². The van der Waals surface area contributed by atoms with Crippen molar-refractivity contribution in [1.82, 2.24) is 20.4 Å². The molecule has 270 valence electrons. The van der Waals surface area contributed by atoms with Crippen LogP contribution in [0.25, 0.3) is 0 Å². The Bertz CT molecular complexity index is 1400. The maximum Gasteiger partial charge on any atom is 0.242 e. The van der Waals surface area contributed by atoms with E-state index >= 15 is 0 Å². The number of hydrogen-bond donors (Lipinski definition) is 4. The highest BCUT2D eigenvalue weighted by Gasteiger charge is 2.34. The van der Waals surface area contributed by atoms with Crippen molar-refractivity contribution < 1.29 is 24.6 Å². The second kappa shape index (κ2) is 21.8. The van der Waals surface area contributed by atoms with Crippen LogP contribution in [0, 0.1) is 36.5 Å². The predicted octanol–water partition coefficient (Wildman–Crippen LogP) is 3.92. The molecule has 9 heteroatoms. The zero-order chi connectivity index (χ0) is 36.3. The lowest BCUT2D eigenvalue weighted by Gasteiger charge is -2.33. The van der Waals surface area contributed by atoms with Gasteiger partial charge in [0, 0.05) is 45.9 Å². The molecule has 0 radical (unpaired) electrons. The monoisotopic (exact) mass is 684 g/mol. The molecular weight excluding hydrogens is 628 g/mol. The first kappa shape index (κ1) is 40.3. The maximum absolute atomic E-state index is 13.9. The van der Waals surface area contributed by atoms with Crippen LogP contribution in [0.3, 0.4) is 0 Å². The van der Waals surface area contributed by atoms with Crippen molar-refractivity contribution in [2.24, 2.45) is 11.8 Å². The van der Waals surface area contributed by atoms with Gasteiger partial charge in [-0.2, -0.15) is 0 Å². The maximum atomic E-state index is 13.9. The van der Waals surface area contributed by atoms with Crippen molar-refractivity contribution in [2.45, 2.75) is 101 Å². The summed E-state index contributed by atoms with van der Waals surface area (Å²) in [6.07, 6.45) is 14.9. The molecule has 0 unspecified atom stereocenters. The fraction of sp³-hybridized carbons (Fsp3) is 0.537. The van der Waals surface area contributed by atoms with Crippen LogP contribution >= 0.6 is 0 Å². The first-order valence-corrected chi connectivity index (χ1v) is 17.9. The molecule has 0 bridgehead atoms. The first-order valence-electron chi connectivity index (χ1n) is 17.9. The third-order valence-electron chi connectivity index (χ3n) is 9.64. The van der Waals surface area contributed by atoms with Crippen LogP contribution in [0.5, 0.6) is 0 Å². The molecule has 2 aromatic rings. The summed E-state index contributed by atoms with van der Waals surface area (Å²) in [4.78, 5) is 45.0. The average Bonchev–Trinajstić information content (AvgIpc) is 3.12. The lowest BCUT2D eigenvalue weighted by atomic mass is 9.82. The van der Waals surface area contributed by atoms with Crippen molar-refractivity contribution in [3.05, 3.63) is 71.8 Å². The average molecular weight is 685 g/mol. The number of likely N-dealkylation sites (N-methyl/N-ethyl adjacent to an activating group) is 2. The minimum atomic E-state index is -1.27. The number of carbonyl (C=O) groups excluding carboxylic acids is 3. The second-order valence-corrected chi connectivity index (χ2v) is 13.8. The molecule has 4 N–H and O–H groups in total. The molecule has 50 heavy (non-hydrogen) atoms. The standard InChI is InChI=1S/C41H56N4O5/c1-5-7-24-35(41(50)43-36(39(48)37(46)17-6-2)28-32-20-13-9-14-21-32)42-40(49)34(27-31-18-11-8-12-19-31)29-38(47)45(4)26-25-44(3)30-33-22-15-10-16-23-33/h1-2,8,10-12,15-16,18-19,22-23,32,34-37,39,46,48H,7,9,13-14,17,20-21,24-30H2,3-4H3,(H,42,49)(H,43,50)/t34-,35+,36+,37+,39-/m1/s1. The fourth-order valence-corrected chi connectivity index (χ4v) is 6.59. The summed E-state index contributed by atoms with van der Waals surface area (Å²) < 4.78 is 0. The molecule has 0 aliphatic heterocycles. The number of aliphatic hydroxyl groups excluding tert-OH is 2. The molecule has 1 saturated carbocycles. The van der Waals surface area contributed by atoms with E-state index in [1.54, 1.807) is 11.9 Å². The SMILES string of the molecule is C#CCC[C@H](NC(=O)[C@@H](CC(=O)N(C)CCN(C)Cc1ccccc1)Cc1ccccc1)C(=O)N[C@@H](CC1CCCCC1)[C@@H](O)[C@@H](O)CC#C. The Morgan fingerprint density at radius 2 is 1.50 bits per heavy atom. The molecular formula is C41H56N4O5. The van der Waals surface area contributed by atoms with Gasteiger partial charge in [0.25, 0.3) is 0 Å². The number of aliphatic hydroxyl groups is 2. The summed E-state index contributed by atoms with van der Waals surface area (Å²) in [7, 11) is 3.75. The van der Waals surface area contributed by atoms with Crippen molar-refractivity contribution in [1.29, 1.82) is 0 Å². The lowest BCUT2D eigenvalue weighted by molar-refractivity contribution is -0.137. The number of hydrogen-bond acceptors (Lipinski definition) is 6. The van der Waals surface area contributed by atoms with Crippen molar-refractivity contribution >= 4 is 17.7 Å². The number of nitrogens with zero attached hydrogens (tertiary/aromatic N) is 2. The summed E-state index contributed by atoms with van der Waals surface area (Å²) in [5.41, 5.74) is 2.08. The molecule has 0 saturated heterocycles. The number of terminal acetylenes is 2. The van der Waals surface area contributed by atoms with Gasteiger partial charge in [-0.15, -0.1) is 24.7 Å². The summed E-state index contributed by atoms with van der Waals surface area (Å²) in [5.74, 6) is 3.39. The van der Waals surface area contributed by atoms with Gasteiger partial charge in [0.05, 0.1) is 18.1 Å². The van der Waals surface area contributed by atoms with Gasteiger partial charge in [-0.1, -0.05) is 92.8 Å². The summed E-state index contributed by atoms with van der Waals surface area (Å²) in [6, 6.07) is 17.8. The molecule has 2 aromatic carbocycles. The van der Waals surface area contributed by atoms with E-state index in [0.29, 0.717) is 25.9 Å². The van der Waals surface area contributed by atoms with E-state index < -0.39 is 42.0 Å². The molecule has 5 atom stereocenters. The Morgan fingerprint density at radius 3 is 2.12 bits per heavy atom. The molecule has 1 aliphatic carbocycles.